The molecule has 2 aliphatic heterocycles. The van der Waals surface area contributed by atoms with Gasteiger partial charge in [0.15, 0.2) is 6.10 Å². The van der Waals surface area contributed by atoms with Gasteiger partial charge in [-0.2, -0.15) is 0 Å². The zero-order chi connectivity index (χ0) is 26.5. The maximum absolute atomic E-state index is 13.6. The third-order valence-electron chi connectivity index (χ3n) is 6.99. The van der Waals surface area contributed by atoms with Gasteiger partial charge in [0.05, 0.1) is 24.2 Å². The predicted molar refractivity (Wildman–Crippen MR) is 146 cm³/mol. The number of anilines is 1. The zero-order valence-corrected chi connectivity index (χ0v) is 22.3. The smallest absolute Gasteiger partial charge is 0.264 e. The number of piperidine rings is 1. The Hall–Kier alpha value is -3.56. The number of hydrogen-bond acceptors (Lipinski definition) is 6. The lowest BCUT2D eigenvalue weighted by Gasteiger charge is -2.34. The highest BCUT2D eigenvalue weighted by Gasteiger charge is 2.37. The Labute approximate surface area is 224 Å². The van der Waals surface area contributed by atoms with Crippen LogP contribution in [0, 0.1) is 0 Å². The van der Waals surface area contributed by atoms with Gasteiger partial charge in [0, 0.05) is 13.1 Å². The van der Waals surface area contributed by atoms with Gasteiger partial charge in [-0.05, 0) is 73.5 Å². The molecule has 3 aromatic rings. The number of fused-ring (bicyclic) bond motifs is 1. The maximum Gasteiger partial charge on any atom is 0.264 e. The molecule has 0 aliphatic carbocycles. The normalized spacial score (nSPS) is 17.8. The number of ether oxygens (including phenoxy) is 2. The largest absolute Gasteiger partial charge is 0.497 e. The average Bonchev–Trinajstić information content (AvgIpc) is 2.96. The van der Waals surface area contributed by atoms with Crippen molar-refractivity contribution in [3.8, 4) is 11.5 Å². The highest BCUT2D eigenvalue weighted by molar-refractivity contribution is 7.92. The van der Waals surface area contributed by atoms with Gasteiger partial charge in [-0.1, -0.05) is 42.8 Å². The van der Waals surface area contributed by atoms with Crippen LogP contribution in [0.4, 0.5) is 5.69 Å². The van der Waals surface area contributed by atoms with Crippen LogP contribution in [0.2, 0.25) is 0 Å². The lowest BCUT2D eigenvalue weighted by atomic mass is 10.1. The van der Waals surface area contributed by atoms with E-state index in [9.17, 15) is 13.2 Å². The van der Waals surface area contributed by atoms with Crippen LogP contribution in [0.1, 0.15) is 30.4 Å². The number of amides is 1. The monoisotopic (exact) mass is 535 g/mol. The lowest BCUT2D eigenvalue weighted by molar-refractivity contribution is -0.127. The third-order valence-corrected chi connectivity index (χ3v) is 8.78. The topological polar surface area (TPSA) is 88.2 Å². The Bertz CT molecular complexity index is 1370. The molecule has 0 aromatic heterocycles. The second-order valence-electron chi connectivity index (χ2n) is 9.66. The van der Waals surface area contributed by atoms with Crippen LogP contribution >= 0.6 is 0 Å². The summed E-state index contributed by atoms with van der Waals surface area (Å²) in [4.78, 5) is 15.8. The van der Waals surface area contributed by atoms with Crippen molar-refractivity contribution in [2.24, 2.45) is 0 Å². The summed E-state index contributed by atoms with van der Waals surface area (Å²) >= 11 is 0. The maximum atomic E-state index is 13.6. The van der Waals surface area contributed by atoms with E-state index in [1.807, 2.05) is 12.1 Å². The summed E-state index contributed by atoms with van der Waals surface area (Å²) in [5, 5.41) is 2.94. The molecule has 1 atom stereocenters. The van der Waals surface area contributed by atoms with E-state index in [1.54, 1.807) is 36.4 Å². The molecule has 1 saturated heterocycles. The van der Waals surface area contributed by atoms with Gasteiger partial charge in [-0.15, -0.1) is 0 Å². The van der Waals surface area contributed by atoms with E-state index in [2.05, 4.69) is 22.3 Å². The van der Waals surface area contributed by atoms with Crippen molar-refractivity contribution < 1.29 is 22.7 Å². The van der Waals surface area contributed by atoms with E-state index in [4.69, 9.17) is 9.47 Å². The molecular weight excluding hydrogens is 502 g/mol. The molecule has 0 radical (unpaired) electrons. The average molecular weight is 536 g/mol. The van der Waals surface area contributed by atoms with Crippen LogP contribution in [0.3, 0.4) is 0 Å². The van der Waals surface area contributed by atoms with Crippen LogP contribution in [0.15, 0.2) is 77.7 Å². The molecule has 3 aromatic carbocycles. The number of hydrogen-bond donors (Lipinski definition) is 1. The molecule has 38 heavy (non-hydrogen) atoms. The molecule has 5 rings (SSSR count). The molecule has 0 unspecified atom stereocenters. The summed E-state index contributed by atoms with van der Waals surface area (Å²) in [6.07, 6.45) is 2.79. The standard InChI is InChI=1S/C29H33N3O5S/c1-36-24-12-14-25(15-13-24)38(34,35)32-21-28(37-27-11-4-3-10-26(27)32)29(33)30-19-22-8-7-9-23(18-22)20-31-16-5-2-6-17-31/h3-4,7-15,18,28H,2,5-6,16-17,19-21H2,1H3,(H,30,33)/t28-/m0/s1. The number of likely N-dealkylation sites (tertiary alicyclic amines) is 1. The van der Waals surface area contributed by atoms with E-state index in [0.717, 1.165) is 25.2 Å². The van der Waals surface area contributed by atoms with Gasteiger partial charge in [-0.3, -0.25) is 14.0 Å². The second kappa shape index (κ2) is 11.4. The minimum Gasteiger partial charge on any atom is -0.497 e. The van der Waals surface area contributed by atoms with Crippen LogP contribution < -0.4 is 19.1 Å². The first-order valence-electron chi connectivity index (χ1n) is 12.9. The molecule has 0 bridgehead atoms. The summed E-state index contributed by atoms with van der Waals surface area (Å²) < 4.78 is 39.5. The molecule has 0 saturated carbocycles. The first kappa shape index (κ1) is 26.1. The van der Waals surface area contributed by atoms with E-state index in [1.165, 1.54) is 48.4 Å². The van der Waals surface area contributed by atoms with E-state index >= 15 is 0 Å². The number of carbonyl (C=O) groups is 1. The van der Waals surface area contributed by atoms with Crippen LogP contribution in [0.5, 0.6) is 11.5 Å². The zero-order valence-electron chi connectivity index (χ0n) is 21.5. The fourth-order valence-corrected chi connectivity index (χ4v) is 6.43. The van der Waals surface area contributed by atoms with Gasteiger partial charge in [0.25, 0.3) is 15.9 Å². The van der Waals surface area contributed by atoms with Crippen molar-refractivity contribution in [3.63, 3.8) is 0 Å². The summed E-state index contributed by atoms with van der Waals surface area (Å²) in [5.41, 5.74) is 2.61. The fourth-order valence-electron chi connectivity index (χ4n) is 4.96. The first-order chi connectivity index (χ1) is 18.4. The Balaban J connectivity index is 1.29. The highest BCUT2D eigenvalue weighted by Crippen LogP contribution is 2.37. The third kappa shape index (κ3) is 5.79. The molecule has 2 heterocycles. The second-order valence-corrected chi connectivity index (χ2v) is 11.5. The number of sulfonamides is 1. The molecule has 1 amide bonds. The Kier molecular flexibility index (Phi) is 7.85. The van der Waals surface area contributed by atoms with Crippen molar-refractivity contribution in [2.45, 2.75) is 43.4 Å². The number of methoxy groups -OCH3 is 1. The Morgan fingerprint density at radius 1 is 0.974 bits per heavy atom. The molecule has 200 valence electrons. The van der Waals surface area contributed by atoms with Crippen molar-refractivity contribution in [2.75, 3.05) is 31.0 Å². The Morgan fingerprint density at radius 2 is 1.71 bits per heavy atom. The van der Waals surface area contributed by atoms with Gasteiger partial charge >= 0.3 is 0 Å². The lowest BCUT2D eigenvalue weighted by Crippen LogP contribution is -2.50. The fraction of sp³-hybridized carbons (Fsp3) is 0.345. The molecule has 2 aliphatic rings. The minimum atomic E-state index is -3.94. The summed E-state index contributed by atoms with van der Waals surface area (Å²) in [6, 6.07) is 21.3. The molecule has 0 spiro atoms. The van der Waals surface area contributed by atoms with Crippen LogP contribution in [-0.4, -0.2) is 52.1 Å². The SMILES string of the molecule is COc1ccc(S(=O)(=O)N2C[C@@H](C(=O)NCc3cccc(CN4CCCCC4)c3)Oc3ccccc32)cc1. The van der Waals surface area contributed by atoms with Crippen LogP contribution in [0.25, 0.3) is 0 Å². The summed E-state index contributed by atoms with van der Waals surface area (Å²) in [5.74, 6) is 0.541. The Morgan fingerprint density at radius 3 is 2.47 bits per heavy atom. The van der Waals surface area contributed by atoms with Crippen molar-refractivity contribution >= 4 is 21.6 Å². The number of carbonyl (C=O) groups excluding carboxylic acids is 1. The highest BCUT2D eigenvalue weighted by atomic mass is 32.2. The molecule has 1 fully saturated rings. The van der Waals surface area contributed by atoms with Gasteiger partial charge in [0.2, 0.25) is 0 Å². The number of benzene rings is 3. The molecule has 8 nitrogen and oxygen atoms in total. The number of rotatable bonds is 8. The number of para-hydroxylation sites is 2. The van der Waals surface area contributed by atoms with Gasteiger partial charge < -0.3 is 14.8 Å². The van der Waals surface area contributed by atoms with Crippen LogP contribution in [-0.2, 0) is 27.9 Å². The quantitative estimate of drug-likeness (QED) is 0.470. The predicted octanol–water partition coefficient (Wildman–Crippen LogP) is 3.95. The van der Waals surface area contributed by atoms with Gasteiger partial charge in [0.1, 0.15) is 11.5 Å². The van der Waals surface area contributed by atoms with Crippen molar-refractivity contribution in [1.82, 2.24) is 10.2 Å². The van der Waals surface area contributed by atoms with E-state index in [0.29, 0.717) is 23.7 Å². The van der Waals surface area contributed by atoms with Crippen molar-refractivity contribution in [3.05, 3.63) is 83.9 Å². The molecule has 1 N–H and O–H groups in total. The molecule has 9 heteroatoms. The summed E-state index contributed by atoms with van der Waals surface area (Å²) in [6.45, 7) is 3.35. The minimum absolute atomic E-state index is 0.111. The first-order valence-corrected chi connectivity index (χ1v) is 14.4. The molecular formula is C29H33N3O5S. The van der Waals surface area contributed by atoms with Gasteiger partial charge in [-0.25, -0.2) is 8.42 Å². The number of nitrogens with one attached hydrogen (secondary N) is 1. The van der Waals surface area contributed by atoms with Crippen molar-refractivity contribution in [1.29, 1.82) is 0 Å². The van der Waals surface area contributed by atoms with E-state index in [-0.39, 0.29) is 17.3 Å². The summed E-state index contributed by atoms with van der Waals surface area (Å²) in [7, 11) is -2.42. The number of nitrogens with zero attached hydrogens (tertiary/aromatic N) is 2. The van der Waals surface area contributed by atoms with E-state index < -0.39 is 16.1 Å².